The van der Waals surface area contributed by atoms with Crippen LogP contribution in [0.25, 0.3) is 0 Å². The monoisotopic (exact) mass is 223 g/mol. The summed E-state index contributed by atoms with van der Waals surface area (Å²) in [5, 5.41) is 3.20. The lowest BCUT2D eigenvalue weighted by molar-refractivity contribution is 0.458. The fraction of sp³-hybridized carbons (Fsp3) is 0.600. The molecular weight excluding hydrogens is 206 g/mol. The van der Waals surface area contributed by atoms with Gasteiger partial charge in [-0.3, -0.25) is 4.79 Å². The van der Waals surface area contributed by atoms with Crippen LogP contribution in [0.5, 0.6) is 0 Å². The second-order valence-electron chi connectivity index (χ2n) is 4.51. The number of nitrogens with zero attached hydrogens (tertiary/aromatic N) is 1. The third kappa shape index (κ3) is 1.88. The summed E-state index contributed by atoms with van der Waals surface area (Å²) in [6.45, 7) is 2.53. The van der Waals surface area contributed by atoms with Crippen molar-refractivity contribution in [2.45, 2.75) is 25.3 Å². The summed E-state index contributed by atoms with van der Waals surface area (Å²) >= 11 is 0. The number of anilines is 2. The summed E-state index contributed by atoms with van der Waals surface area (Å²) < 4.78 is 0. The van der Waals surface area contributed by atoms with E-state index in [4.69, 9.17) is 11.5 Å². The Bertz CT molecular complexity index is 439. The molecule has 6 nitrogen and oxygen atoms in total. The fourth-order valence-corrected chi connectivity index (χ4v) is 1.82. The van der Waals surface area contributed by atoms with E-state index in [0.29, 0.717) is 18.3 Å². The predicted molar refractivity (Wildman–Crippen MR) is 63.1 cm³/mol. The molecule has 1 saturated carbocycles. The molecule has 16 heavy (non-hydrogen) atoms. The van der Waals surface area contributed by atoms with Crippen LogP contribution < -0.4 is 22.3 Å². The van der Waals surface area contributed by atoms with Crippen molar-refractivity contribution in [3.8, 4) is 0 Å². The highest BCUT2D eigenvalue weighted by molar-refractivity contribution is 5.60. The summed E-state index contributed by atoms with van der Waals surface area (Å²) in [7, 11) is 0. The quantitative estimate of drug-likeness (QED) is 0.569. The van der Waals surface area contributed by atoms with Crippen LogP contribution in [0.4, 0.5) is 11.5 Å². The van der Waals surface area contributed by atoms with Gasteiger partial charge in [-0.15, -0.1) is 0 Å². The maximum Gasteiger partial charge on any atom is 0.276 e. The molecule has 1 aliphatic carbocycles. The lowest BCUT2D eigenvalue weighted by atomic mass is 9.96. The molecule has 6 N–H and O–H groups in total. The maximum atomic E-state index is 11.3. The molecular formula is C10H17N5O. The second kappa shape index (κ2) is 3.79. The molecule has 88 valence electrons. The molecule has 1 fully saturated rings. The summed E-state index contributed by atoms with van der Waals surface area (Å²) in [6.07, 6.45) is 3.65. The Kier molecular flexibility index (Phi) is 2.59. The minimum absolute atomic E-state index is 0.114. The van der Waals surface area contributed by atoms with Crippen molar-refractivity contribution >= 4 is 11.5 Å². The molecule has 0 spiro atoms. The molecule has 1 aliphatic rings. The summed E-state index contributed by atoms with van der Waals surface area (Å²) in [6, 6.07) is 0. The molecule has 0 saturated heterocycles. The van der Waals surface area contributed by atoms with Crippen molar-refractivity contribution in [3.63, 3.8) is 0 Å². The zero-order valence-electron chi connectivity index (χ0n) is 9.29. The molecule has 6 heteroatoms. The van der Waals surface area contributed by atoms with E-state index in [1.807, 2.05) is 6.92 Å². The first-order chi connectivity index (χ1) is 7.57. The first-order valence-electron chi connectivity index (χ1n) is 5.38. The smallest absolute Gasteiger partial charge is 0.276 e. The van der Waals surface area contributed by atoms with Gasteiger partial charge in [0.1, 0.15) is 5.69 Å². The van der Waals surface area contributed by atoms with Crippen molar-refractivity contribution in [2.75, 3.05) is 17.6 Å². The van der Waals surface area contributed by atoms with Gasteiger partial charge in [0.15, 0.2) is 5.82 Å². The van der Waals surface area contributed by atoms with Crippen LogP contribution >= 0.6 is 0 Å². The average Bonchev–Trinajstić information content (AvgIpc) is 3.08. The van der Waals surface area contributed by atoms with Crippen LogP contribution in [0.2, 0.25) is 0 Å². The van der Waals surface area contributed by atoms with Crippen molar-refractivity contribution in [1.82, 2.24) is 9.97 Å². The van der Waals surface area contributed by atoms with E-state index in [0.717, 1.165) is 12.8 Å². The Hall–Kier alpha value is -1.56. The average molecular weight is 223 g/mol. The summed E-state index contributed by atoms with van der Waals surface area (Å²) in [5.41, 5.74) is 11.0. The predicted octanol–water partition coefficient (Wildman–Crippen LogP) is -0.109. The molecule has 0 bridgehead atoms. The number of nitrogens with two attached hydrogens (primary N) is 2. The fourth-order valence-electron chi connectivity index (χ4n) is 1.82. The Labute approximate surface area is 93.4 Å². The number of aromatic amines is 1. The largest absolute Gasteiger partial charge is 0.391 e. The Morgan fingerprint density at radius 1 is 1.69 bits per heavy atom. The number of H-pyrrole nitrogens is 1. The Morgan fingerprint density at radius 2 is 2.38 bits per heavy atom. The normalized spacial score (nSPS) is 19.1. The van der Waals surface area contributed by atoms with Crippen LogP contribution in [0.3, 0.4) is 0 Å². The summed E-state index contributed by atoms with van der Waals surface area (Å²) in [5.74, 6) is 0.960. The number of rotatable bonds is 4. The van der Waals surface area contributed by atoms with Gasteiger partial charge in [-0.05, 0) is 25.7 Å². The van der Waals surface area contributed by atoms with Gasteiger partial charge in [-0.25, -0.2) is 4.98 Å². The third-order valence-electron chi connectivity index (χ3n) is 3.20. The number of aromatic nitrogens is 2. The van der Waals surface area contributed by atoms with Crippen LogP contribution in [0.15, 0.2) is 11.1 Å². The molecule has 2 rings (SSSR count). The Balaban J connectivity index is 2.25. The molecule has 1 aromatic heterocycles. The molecule has 1 atom stereocenters. The van der Waals surface area contributed by atoms with Crippen LogP contribution in [0, 0.1) is 5.92 Å². The number of nitrogens with one attached hydrogen (secondary N) is 2. The van der Waals surface area contributed by atoms with E-state index in [1.54, 1.807) is 0 Å². The van der Waals surface area contributed by atoms with E-state index < -0.39 is 0 Å². The lowest BCUT2D eigenvalue weighted by Crippen LogP contribution is -2.45. The van der Waals surface area contributed by atoms with Gasteiger partial charge >= 0.3 is 0 Å². The topological polar surface area (TPSA) is 110 Å². The molecule has 0 radical (unpaired) electrons. The molecule has 1 aromatic rings. The van der Waals surface area contributed by atoms with Gasteiger partial charge in [0.05, 0.1) is 11.9 Å². The van der Waals surface area contributed by atoms with Gasteiger partial charge in [-0.1, -0.05) is 0 Å². The zero-order valence-corrected chi connectivity index (χ0v) is 9.29. The van der Waals surface area contributed by atoms with Gasteiger partial charge in [-0.2, -0.15) is 0 Å². The number of hydrogen-bond acceptors (Lipinski definition) is 5. The molecule has 1 unspecified atom stereocenters. The molecule has 0 aromatic carbocycles. The first-order valence-corrected chi connectivity index (χ1v) is 5.38. The molecule has 1 heterocycles. The highest BCUT2D eigenvalue weighted by Gasteiger charge is 2.41. The van der Waals surface area contributed by atoms with E-state index in [-0.39, 0.29) is 16.8 Å². The van der Waals surface area contributed by atoms with Crippen molar-refractivity contribution in [1.29, 1.82) is 0 Å². The van der Waals surface area contributed by atoms with E-state index in [9.17, 15) is 4.79 Å². The van der Waals surface area contributed by atoms with Gasteiger partial charge in [0, 0.05) is 6.54 Å². The number of nitrogen functional groups attached to an aromatic ring is 1. The maximum absolute atomic E-state index is 11.3. The van der Waals surface area contributed by atoms with Crippen LogP contribution in [-0.2, 0) is 0 Å². The highest BCUT2D eigenvalue weighted by Crippen LogP contribution is 2.40. The van der Waals surface area contributed by atoms with E-state index in [1.165, 1.54) is 6.33 Å². The first kappa shape index (κ1) is 10.9. The van der Waals surface area contributed by atoms with Gasteiger partial charge in [0.25, 0.3) is 5.56 Å². The lowest BCUT2D eigenvalue weighted by Gasteiger charge is -2.30. The van der Waals surface area contributed by atoms with E-state index >= 15 is 0 Å². The zero-order chi connectivity index (χ0) is 11.8. The highest BCUT2D eigenvalue weighted by atomic mass is 16.1. The SMILES string of the molecule is CC(CN)(Nc1nc[nH]c(=O)c1N)C1CC1. The molecule has 0 aliphatic heterocycles. The van der Waals surface area contributed by atoms with E-state index in [2.05, 4.69) is 15.3 Å². The van der Waals surface area contributed by atoms with Crippen molar-refractivity contribution in [2.24, 2.45) is 11.7 Å². The minimum Gasteiger partial charge on any atom is -0.391 e. The number of hydrogen-bond donors (Lipinski definition) is 4. The van der Waals surface area contributed by atoms with Gasteiger partial charge < -0.3 is 21.8 Å². The standard InChI is InChI=1S/C10H17N5O/c1-10(4-11,6-2-3-6)15-8-7(12)9(16)14-5-13-8/h5-6H,2-4,11-12H2,1H3,(H2,13,14,15,16). The minimum atomic E-state index is -0.326. The summed E-state index contributed by atoms with van der Waals surface area (Å²) in [4.78, 5) is 17.8. The van der Waals surface area contributed by atoms with Crippen LogP contribution in [0.1, 0.15) is 19.8 Å². The second-order valence-corrected chi connectivity index (χ2v) is 4.51. The third-order valence-corrected chi connectivity index (χ3v) is 3.20. The Morgan fingerprint density at radius 3 is 2.94 bits per heavy atom. The van der Waals surface area contributed by atoms with Crippen molar-refractivity contribution < 1.29 is 0 Å². The molecule has 0 amide bonds. The van der Waals surface area contributed by atoms with Crippen molar-refractivity contribution in [3.05, 3.63) is 16.7 Å². The van der Waals surface area contributed by atoms with Gasteiger partial charge in [0.2, 0.25) is 0 Å². The van der Waals surface area contributed by atoms with Crippen LogP contribution in [-0.4, -0.2) is 22.1 Å².